The number of aromatic nitrogens is 1. The number of hydrogen-bond acceptors (Lipinski definition) is 7. The van der Waals surface area contributed by atoms with Gasteiger partial charge in [0.05, 0.1) is 18.9 Å². The van der Waals surface area contributed by atoms with E-state index in [1.807, 2.05) is 6.92 Å². The van der Waals surface area contributed by atoms with E-state index >= 15 is 0 Å². The number of fused-ring (bicyclic) bond motifs is 1. The van der Waals surface area contributed by atoms with E-state index in [-0.39, 0.29) is 24.9 Å². The number of amides is 1. The number of halogens is 1. The average Bonchev–Trinajstić information content (AvgIpc) is 2.66. The highest BCUT2D eigenvalue weighted by atomic mass is 32.2. The predicted molar refractivity (Wildman–Crippen MR) is 117 cm³/mol. The third kappa shape index (κ3) is 6.17. The van der Waals surface area contributed by atoms with Crippen molar-refractivity contribution < 1.29 is 31.3 Å². The molecule has 0 unspecified atom stereocenters. The molecule has 10 heteroatoms. The molecule has 1 atom stereocenters. The monoisotopic (exact) mass is 466 g/mol. The van der Waals surface area contributed by atoms with Crippen molar-refractivity contribution in [2.45, 2.75) is 45.8 Å². The Morgan fingerprint density at radius 1 is 1.28 bits per heavy atom. The number of carbonyl (C=O) groups excluding carboxylic acids is 1. The highest BCUT2D eigenvalue weighted by Gasteiger charge is 2.37. The van der Waals surface area contributed by atoms with Gasteiger partial charge in [0.15, 0.2) is 0 Å². The molecule has 8 nitrogen and oxygen atoms in total. The van der Waals surface area contributed by atoms with E-state index in [0.29, 0.717) is 17.8 Å². The fourth-order valence-electron chi connectivity index (χ4n) is 3.22. The lowest BCUT2D eigenvalue weighted by molar-refractivity contribution is 0.0524. The summed E-state index contributed by atoms with van der Waals surface area (Å²) in [7, 11) is -3.72. The Morgan fingerprint density at radius 3 is 2.53 bits per heavy atom. The molecule has 0 aliphatic carbocycles. The van der Waals surface area contributed by atoms with Gasteiger partial charge in [-0.15, -0.1) is 0 Å². The van der Waals surface area contributed by atoms with Crippen LogP contribution < -0.4 is 9.64 Å². The maximum Gasteiger partial charge on any atom is 0.415 e. The van der Waals surface area contributed by atoms with Crippen LogP contribution in [0.3, 0.4) is 0 Å². The van der Waals surface area contributed by atoms with Crippen LogP contribution in [0.25, 0.3) is 0 Å². The Kier molecular flexibility index (Phi) is 6.75. The Labute approximate surface area is 187 Å². The molecule has 174 valence electrons. The lowest BCUT2D eigenvalue weighted by Gasteiger charge is -2.37. The molecule has 1 amide bonds. The minimum atomic E-state index is -3.72. The zero-order valence-electron chi connectivity index (χ0n) is 18.7. The Balaban J connectivity index is 1.99. The summed E-state index contributed by atoms with van der Waals surface area (Å²) in [6, 6.07) is 7.14. The summed E-state index contributed by atoms with van der Waals surface area (Å²) >= 11 is 0. The van der Waals surface area contributed by atoms with Gasteiger partial charge in [-0.25, -0.2) is 14.2 Å². The highest BCUT2D eigenvalue weighted by molar-refractivity contribution is 7.85. The predicted octanol–water partition coefficient (Wildman–Crippen LogP) is 3.60. The van der Waals surface area contributed by atoms with Gasteiger partial charge in [0, 0.05) is 5.69 Å². The number of ether oxygens (including phenoxy) is 2. The van der Waals surface area contributed by atoms with Crippen LogP contribution in [0.4, 0.5) is 14.9 Å². The van der Waals surface area contributed by atoms with E-state index in [9.17, 15) is 17.6 Å². The van der Waals surface area contributed by atoms with Crippen LogP contribution in [0, 0.1) is 12.7 Å². The van der Waals surface area contributed by atoms with E-state index in [0.717, 1.165) is 17.4 Å². The zero-order chi connectivity index (χ0) is 23.7. The smallest absolute Gasteiger partial charge is 0.415 e. The van der Waals surface area contributed by atoms with Crippen molar-refractivity contribution >= 4 is 21.9 Å². The van der Waals surface area contributed by atoms with E-state index in [1.165, 1.54) is 17.0 Å². The summed E-state index contributed by atoms with van der Waals surface area (Å²) in [4.78, 5) is 18.9. The van der Waals surface area contributed by atoms with Gasteiger partial charge >= 0.3 is 6.09 Å². The van der Waals surface area contributed by atoms with Gasteiger partial charge in [-0.05, 0) is 63.4 Å². The van der Waals surface area contributed by atoms with Crippen molar-refractivity contribution in [2.24, 2.45) is 0 Å². The summed E-state index contributed by atoms with van der Waals surface area (Å²) in [6.07, 6.45) is 0.732. The molecule has 0 saturated carbocycles. The fraction of sp³-hybridized carbons (Fsp3) is 0.455. The molecular weight excluding hydrogens is 439 g/mol. The van der Waals surface area contributed by atoms with Gasteiger partial charge < -0.3 is 9.47 Å². The molecule has 1 aliphatic rings. The number of anilines is 1. The van der Waals surface area contributed by atoms with Gasteiger partial charge in [0.1, 0.15) is 23.7 Å². The molecule has 0 radical (unpaired) electrons. The van der Waals surface area contributed by atoms with Crippen LogP contribution in [0.1, 0.15) is 37.6 Å². The highest BCUT2D eigenvalue weighted by Crippen LogP contribution is 2.36. The Morgan fingerprint density at radius 2 is 1.94 bits per heavy atom. The van der Waals surface area contributed by atoms with Crippen LogP contribution >= 0.6 is 0 Å². The van der Waals surface area contributed by atoms with E-state index in [1.54, 1.807) is 39.0 Å². The Hall–Kier alpha value is -2.72. The molecule has 1 aromatic heterocycles. The molecule has 2 aromatic rings. The molecule has 1 aromatic carbocycles. The Bertz CT molecular complexity index is 1100. The van der Waals surface area contributed by atoms with Crippen molar-refractivity contribution in [3.8, 4) is 5.88 Å². The first-order chi connectivity index (χ1) is 14.8. The van der Waals surface area contributed by atoms with E-state index in [4.69, 9.17) is 13.7 Å². The maximum absolute atomic E-state index is 13.3. The number of nitrogens with zero attached hydrogens (tertiary/aromatic N) is 2. The van der Waals surface area contributed by atoms with Gasteiger partial charge in [-0.2, -0.15) is 8.42 Å². The van der Waals surface area contributed by atoms with Crippen molar-refractivity contribution in [3.63, 3.8) is 0 Å². The number of aryl methyl sites for hydroxylation is 1. The molecule has 0 spiro atoms. The van der Waals surface area contributed by atoms with E-state index in [2.05, 4.69) is 4.98 Å². The third-order valence-corrected chi connectivity index (χ3v) is 5.24. The molecule has 0 N–H and O–H groups in total. The minimum Gasteiger partial charge on any atom is -0.474 e. The average molecular weight is 467 g/mol. The minimum absolute atomic E-state index is 0.00842. The van der Waals surface area contributed by atoms with Gasteiger partial charge in [0.25, 0.3) is 10.1 Å². The van der Waals surface area contributed by atoms with Gasteiger partial charge in [-0.1, -0.05) is 12.1 Å². The number of carbonyl (C=O) groups is 1. The molecule has 0 saturated heterocycles. The largest absolute Gasteiger partial charge is 0.474 e. The summed E-state index contributed by atoms with van der Waals surface area (Å²) in [5, 5.41) is 0. The normalized spacial score (nSPS) is 16.3. The molecule has 0 fully saturated rings. The second-order valence-corrected chi connectivity index (χ2v) is 10.3. The van der Waals surface area contributed by atoms with Crippen molar-refractivity contribution in [1.29, 1.82) is 0 Å². The van der Waals surface area contributed by atoms with Crippen LogP contribution in [-0.2, 0) is 25.5 Å². The van der Waals surface area contributed by atoms with Crippen LogP contribution in [0.5, 0.6) is 5.88 Å². The van der Waals surface area contributed by atoms with Crippen LogP contribution in [0.2, 0.25) is 0 Å². The second-order valence-electron chi connectivity index (χ2n) is 8.66. The first-order valence-corrected chi connectivity index (χ1v) is 11.9. The molecule has 0 bridgehead atoms. The quantitative estimate of drug-likeness (QED) is 0.622. The van der Waals surface area contributed by atoms with Crippen molar-refractivity contribution in [3.05, 3.63) is 53.0 Å². The number of pyridine rings is 1. The summed E-state index contributed by atoms with van der Waals surface area (Å²) in [6.45, 7) is 6.73. The summed E-state index contributed by atoms with van der Waals surface area (Å²) < 4.78 is 52.5. The molecular formula is C22H27FN2O6S. The number of rotatable bonds is 5. The summed E-state index contributed by atoms with van der Waals surface area (Å²) in [5.74, 6) is -0.0842. The fourth-order valence-corrected chi connectivity index (χ4v) is 3.63. The maximum atomic E-state index is 13.3. The first kappa shape index (κ1) is 23.9. The standard InChI is InChI=1S/C22H27FN2O6S/c1-14-16(10-15-6-8-17(23)9-7-15)11-19-20(24-14)29-12-18(13-30-32(5,27)28)25(19)21(26)31-22(2,3)4/h6-9,11,18H,10,12-13H2,1-5H3/t18-/m1/s1. The third-order valence-electron chi connectivity index (χ3n) is 4.67. The summed E-state index contributed by atoms with van der Waals surface area (Å²) in [5.41, 5.74) is 1.96. The van der Waals surface area contributed by atoms with Crippen LogP contribution in [-0.4, -0.2) is 50.6 Å². The molecule has 1 aliphatic heterocycles. The van der Waals surface area contributed by atoms with Crippen molar-refractivity contribution in [1.82, 2.24) is 4.98 Å². The number of benzene rings is 1. The SMILES string of the molecule is Cc1nc2c(cc1Cc1ccc(F)cc1)N(C(=O)OC(C)(C)C)[C@@H](COS(C)(=O)=O)CO2. The van der Waals surface area contributed by atoms with Gasteiger partial charge in [-0.3, -0.25) is 9.08 Å². The van der Waals surface area contributed by atoms with Crippen LogP contribution in [0.15, 0.2) is 30.3 Å². The molecule has 2 heterocycles. The molecule has 32 heavy (non-hydrogen) atoms. The topological polar surface area (TPSA) is 95.0 Å². The zero-order valence-corrected chi connectivity index (χ0v) is 19.5. The second kappa shape index (κ2) is 9.03. The molecule has 3 rings (SSSR count). The van der Waals surface area contributed by atoms with Crippen molar-refractivity contribution in [2.75, 3.05) is 24.4 Å². The lowest BCUT2D eigenvalue weighted by atomic mass is 10.0. The first-order valence-electron chi connectivity index (χ1n) is 10.1. The van der Waals surface area contributed by atoms with Gasteiger partial charge in [0.2, 0.25) is 5.88 Å². The number of hydrogen-bond donors (Lipinski definition) is 0. The van der Waals surface area contributed by atoms with E-state index < -0.39 is 27.9 Å². The lowest BCUT2D eigenvalue weighted by Crippen LogP contribution is -2.51.